The van der Waals surface area contributed by atoms with Crippen LogP contribution in [-0.4, -0.2) is 92.1 Å². The zero-order valence-electron chi connectivity index (χ0n) is 40.2. The minimum atomic E-state index is -1.32. The molecule has 65 heavy (non-hydrogen) atoms. The number of unbranched alkanes of at least 4 members (excludes halogenated alkanes) is 21. The summed E-state index contributed by atoms with van der Waals surface area (Å²) in [4.78, 5) is 66.0. The number of aliphatic carboxylic acids is 1. The molecule has 16 nitrogen and oxygen atoms in total. The first-order chi connectivity index (χ1) is 31.5. The van der Waals surface area contributed by atoms with Crippen molar-refractivity contribution in [1.29, 1.82) is 0 Å². The van der Waals surface area contributed by atoms with Crippen LogP contribution in [0.5, 0.6) is 11.5 Å². The second kappa shape index (κ2) is 39.7. The highest BCUT2D eigenvalue weighted by atomic mass is 16.5. The maximum absolute atomic E-state index is 13.3. The third-order valence-electron chi connectivity index (χ3n) is 11.1. The molecule has 372 valence electrons. The van der Waals surface area contributed by atoms with Crippen LogP contribution in [0.25, 0.3) is 0 Å². The van der Waals surface area contributed by atoms with Crippen LogP contribution in [0.2, 0.25) is 0 Å². The van der Waals surface area contributed by atoms with Crippen molar-refractivity contribution in [3.05, 3.63) is 23.8 Å². The second-order valence-electron chi connectivity index (χ2n) is 17.2. The molecule has 2 atom stereocenters. The number of carbonyl (C=O) groups is 5. The molecule has 0 spiro atoms. The van der Waals surface area contributed by atoms with Crippen molar-refractivity contribution in [2.45, 2.75) is 199 Å². The predicted octanol–water partition coefficient (Wildman–Crippen LogP) is 7.15. The second-order valence-corrected chi connectivity index (χ2v) is 17.2. The first-order valence-electron chi connectivity index (χ1n) is 25.0. The predicted molar refractivity (Wildman–Crippen MR) is 260 cm³/mol. The van der Waals surface area contributed by atoms with Gasteiger partial charge in [0.25, 0.3) is 5.91 Å². The van der Waals surface area contributed by atoms with E-state index in [0.717, 1.165) is 44.9 Å². The van der Waals surface area contributed by atoms with E-state index in [-0.39, 0.29) is 24.8 Å². The summed E-state index contributed by atoms with van der Waals surface area (Å²) in [7, 11) is 0. The monoisotopic (exact) mass is 917 g/mol. The molecule has 0 saturated carbocycles. The van der Waals surface area contributed by atoms with E-state index in [1.54, 1.807) is 12.1 Å². The first kappa shape index (κ1) is 58.4. The van der Waals surface area contributed by atoms with Crippen molar-refractivity contribution in [2.75, 3.05) is 39.4 Å². The molecular formula is C49H88N8O8. The lowest BCUT2D eigenvalue weighted by Crippen LogP contribution is -2.51. The van der Waals surface area contributed by atoms with Crippen molar-refractivity contribution in [1.82, 2.24) is 21.3 Å². The summed E-state index contributed by atoms with van der Waals surface area (Å²) in [5, 5.41) is 19.8. The number of benzene rings is 1. The number of amides is 4. The van der Waals surface area contributed by atoms with Gasteiger partial charge in [0, 0.05) is 31.3 Å². The number of nitrogens with one attached hydrogen (secondary N) is 4. The standard InChI is InChI=1S/C49H88N8O8/c1-3-5-7-9-11-13-15-17-21-25-32-64-40-34-39(35-41(36-40)65-33-26-22-18-16-14-12-10-8-6-4-2)46(61)53-29-23-19-20-24-30-54-48(63)43(37-45(59)60)57-44(58)38-56-47(62)42(50)28-27-31-55-49(51)52/h34-36,42-43H,3-33,37-38,50H2,1-2H3,(H,53,61)(H,54,63)(H,56,62)(H,57,58)(H,59,60)(H4,51,52,55)/t42-,43-/m0/s1. The molecule has 0 aliphatic carbocycles. The van der Waals surface area contributed by atoms with E-state index in [9.17, 15) is 29.1 Å². The van der Waals surface area contributed by atoms with E-state index in [0.29, 0.717) is 56.2 Å². The van der Waals surface area contributed by atoms with Crippen molar-refractivity contribution < 1.29 is 38.6 Å². The lowest BCUT2D eigenvalue weighted by Gasteiger charge is -2.18. The molecule has 0 heterocycles. The fraction of sp³-hybridized carbons (Fsp3) is 0.755. The number of guanidine groups is 1. The Morgan fingerprint density at radius 2 is 1.06 bits per heavy atom. The molecule has 4 amide bonds. The number of carboxylic acids is 1. The molecular weight excluding hydrogens is 829 g/mol. The third kappa shape index (κ3) is 33.5. The molecule has 16 heteroatoms. The largest absolute Gasteiger partial charge is 0.493 e. The van der Waals surface area contributed by atoms with Crippen LogP contribution in [0.15, 0.2) is 23.2 Å². The zero-order valence-corrected chi connectivity index (χ0v) is 40.2. The molecule has 1 rings (SSSR count). The summed E-state index contributed by atoms with van der Waals surface area (Å²) in [6, 6.07) is 3.24. The molecule has 0 fully saturated rings. The topological polar surface area (TPSA) is 263 Å². The molecule has 0 aromatic heterocycles. The molecule has 1 aromatic carbocycles. The van der Waals surface area contributed by atoms with E-state index >= 15 is 0 Å². The number of carbonyl (C=O) groups excluding carboxylic acids is 4. The summed E-state index contributed by atoms with van der Waals surface area (Å²) in [6.45, 7) is 6.24. The Labute approximate surface area is 390 Å². The summed E-state index contributed by atoms with van der Waals surface area (Å²) in [5.74, 6) is -2.20. The van der Waals surface area contributed by atoms with Crippen LogP contribution >= 0.6 is 0 Å². The van der Waals surface area contributed by atoms with Gasteiger partial charge in [-0.3, -0.25) is 29.0 Å². The Balaban J connectivity index is 2.52. The molecule has 0 aliphatic heterocycles. The zero-order chi connectivity index (χ0) is 47.8. The van der Waals surface area contributed by atoms with Crippen LogP contribution in [0.1, 0.15) is 198 Å². The van der Waals surface area contributed by atoms with E-state index in [1.165, 1.54) is 103 Å². The van der Waals surface area contributed by atoms with E-state index in [1.807, 2.05) is 6.07 Å². The van der Waals surface area contributed by atoms with Crippen LogP contribution in [0.4, 0.5) is 0 Å². The minimum Gasteiger partial charge on any atom is -0.493 e. The summed E-state index contributed by atoms with van der Waals surface area (Å²) in [5.41, 5.74) is 16.9. The van der Waals surface area contributed by atoms with Gasteiger partial charge in [0.1, 0.15) is 17.5 Å². The van der Waals surface area contributed by atoms with Gasteiger partial charge in [0.2, 0.25) is 17.7 Å². The van der Waals surface area contributed by atoms with Crippen molar-refractivity contribution >= 4 is 35.6 Å². The number of nitrogens with zero attached hydrogens (tertiary/aromatic N) is 1. The van der Waals surface area contributed by atoms with Gasteiger partial charge in [-0.05, 0) is 50.7 Å². The molecule has 11 N–H and O–H groups in total. The van der Waals surface area contributed by atoms with Gasteiger partial charge in [0.15, 0.2) is 5.96 Å². The van der Waals surface area contributed by atoms with Gasteiger partial charge in [-0.15, -0.1) is 0 Å². The maximum atomic E-state index is 13.3. The van der Waals surface area contributed by atoms with Gasteiger partial charge in [-0.1, -0.05) is 142 Å². The molecule has 0 bridgehead atoms. The number of hydrogen-bond donors (Lipinski definition) is 8. The Morgan fingerprint density at radius 1 is 0.600 bits per heavy atom. The van der Waals surface area contributed by atoms with Crippen molar-refractivity contribution in [2.24, 2.45) is 22.2 Å². The van der Waals surface area contributed by atoms with Crippen molar-refractivity contribution in [3.8, 4) is 11.5 Å². The van der Waals surface area contributed by atoms with E-state index in [2.05, 4.69) is 40.1 Å². The smallest absolute Gasteiger partial charge is 0.305 e. The molecule has 0 radical (unpaired) electrons. The van der Waals surface area contributed by atoms with Gasteiger partial charge in [-0.2, -0.15) is 0 Å². The molecule has 0 unspecified atom stereocenters. The summed E-state index contributed by atoms with van der Waals surface area (Å²) < 4.78 is 12.3. The Bertz CT molecular complexity index is 1430. The Hall–Kier alpha value is -4.60. The van der Waals surface area contributed by atoms with Crippen LogP contribution < -0.4 is 47.9 Å². The van der Waals surface area contributed by atoms with Crippen LogP contribution in [-0.2, 0) is 19.2 Å². The SMILES string of the molecule is CCCCCCCCCCCCOc1cc(OCCCCCCCCCCCC)cc(C(=O)NCCCCCCNC(=O)[C@H](CC(=O)O)NC(=O)CNC(=O)[C@@H](N)CCCN=C(N)N)c1. The highest BCUT2D eigenvalue weighted by Gasteiger charge is 2.24. The lowest BCUT2D eigenvalue weighted by atomic mass is 10.1. The average Bonchev–Trinajstić information content (AvgIpc) is 3.28. The van der Waals surface area contributed by atoms with E-state index in [4.69, 9.17) is 26.7 Å². The van der Waals surface area contributed by atoms with Gasteiger partial charge in [0.05, 0.1) is 32.2 Å². The number of aliphatic imine (C=N–C) groups is 1. The average molecular weight is 917 g/mol. The fourth-order valence-electron chi connectivity index (χ4n) is 7.25. The summed E-state index contributed by atoms with van der Waals surface area (Å²) in [6.07, 6.45) is 27.9. The van der Waals surface area contributed by atoms with E-state index < -0.39 is 48.7 Å². The molecule has 1 aromatic rings. The van der Waals surface area contributed by atoms with Crippen LogP contribution in [0, 0.1) is 0 Å². The maximum Gasteiger partial charge on any atom is 0.305 e. The fourth-order valence-corrected chi connectivity index (χ4v) is 7.25. The lowest BCUT2D eigenvalue weighted by molar-refractivity contribution is -0.140. The molecule has 0 saturated heterocycles. The van der Waals surface area contributed by atoms with Crippen molar-refractivity contribution in [3.63, 3.8) is 0 Å². The first-order valence-corrected chi connectivity index (χ1v) is 25.0. The Kier molecular flexibility index (Phi) is 35.7. The third-order valence-corrected chi connectivity index (χ3v) is 11.1. The Morgan fingerprint density at radius 3 is 1.54 bits per heavy atom. The molecule has 0 aliphatic rings. The van der Waals surface area contributed by atoms with Crippen LogP contribution in [0.3, 0.4) is 0 Å². The quantitative estimate of drug-likeness (QED) is 0.0185. The highest BCUT2D eigenvalue weighted by molar-refractivity contribution is 5.95. The summed E-state index contributed by atoms with van der Waals surface area (Å²) >= 11 is 0. The van der Waals surface area contributed by atoms with Gasteiger partial charge < -0.3 is 53.0 Å². The normalized spacial score (nSPS) is 11.9. The van der Waals surface area contributed by atoms with Gasteiger partial charge >= 0.3 is 5.97 Å². The minimum absolute atomic E-state index is 0.0649. The number of nitrogens with two attached hydrogens (primary N) is 3. The number of hydrogen-bond acceptors (Lipinski definition) is 9. The number of ether oxygens (including phenoxy) is 2. The number of rotatable bonds is 43. The number of carboxylic acid groups (broad SMARTS) is 1. The van der Waals surface area contributed by atoms with Gasteiger partial charge in [-0.25, -0.2) is 0 Å². The highest BCUT2D eigenvalue weighted by Crippen LogP contribution is 2.24.